The number of carbonyl (C=O) groups is 2. The zero-order valence-corrected chi connectivity index (χ0v) is 13.1. The zero-order valence-electron chi connectivity index (χ0n) is 12.2. The summed E-state index contributed by atoms with van der Waals surface area (Å²) in [5.41, 5.74) is 0. The van der Waals surface area contributed by atoms with Crippen molar-refractivity contribution < 1.29 is 14.7 Å². The van der Waals surface area contributed by atoms with E-state index in [4.69, 9.17) is 0 Å². The van der Waals surface area contributed by atoms with Gasteiger partial charge >= 0.3 is 12.0 Å². The minimum Gasteiger partial charge on any atom is -0.480 e. The van der Waals surface area contributed by atoms with E-state index in [1.165, 1.54) is 25.7 Å². The maximum atomic E-state index is 12.6. The number of carboxylic acids is 1. The van der Waals surface area contributed by atoms with Crippen LogP contribution in [0.4, 0.5) is 4.79 Å². The molecule has 0 aromatic rings. The van der Waals surface area contributed by atoms with Gasteiger partial charge in [0.15, 0.2) is 0 Å². The Labute approximate surface area is 124 Å². The maximum Gasteiger partial charge on any atom is 0.327 e. The number of urea groups is 1. The predicted octanol–water partition coefficient (Wildman–Crippen LogP) is 2.47. The van der Waals surface area contributed by atoms with Crippen LogP contribution in [0.2, 0.25) is 0 Å². The van der Waals surface area contributed by atoms with Crippen molar-refractivity contribution in [3.63, 3.8) is 0 Å². The summed E-state index contributed by atoms with van der Waals surface area (Å²) in [6, 6.07) is -0.801. The highest BCUT2D eigenvalue weighted by atomic mass is 32.2. The van der Waals surface area contributed by atoms with E-state index < -0.39 is 12.0 Å². The Hall–Kier alpha value is -0.910. The topological polar surface area (TPSA) is 60.9 Å². The molecule has 114 valence electrons. The summed E-state index contributed by atoms with van der Waals surface area (Å²) in [6.45, 7) is 2.75. The molecule has 1 N–H and O–H groups in total. The van der Waals surface area contributed by atoms with Crippen molar-refractivity contribution in [3.8, 4) is 0 Å². The molecule has 1 saturated heterocycles. The van der Waals surface area contributed by atoms with Gasteiger partial charge in [-0.15, -0.1) is 11.8 Å². The number of rotatable bonds is 4. The third kappa shape index (κ3) is 3.22. The van der Waals surface area contributed by atoms with E-state index in [9.17, 15) is 14.7 Å². The second-order valence-corrected chi connectivity index (χ2v) is 6.98. The summed E-state index contributed by atoms with van der Waals surface area (Å²) >= 11 is 1.57. The lowest BCUT2D eigenvalue weighted by Crippen LogP contribution is -2.51. The second kappa shape index (κ2) is 6.70. The molecule has 1 heterocycles. The van der Waals surface area contributed by atoms with Crippen LogP contribution in [0.25, 0.3) is 0 Å². The van der Waals surface area contributed by atoms with E-state index in [0.29, 0.717) is 11.7 Å². The smallest absolute Gasteiger partial charge is 0.327 e. The van der Waals surface area contributed by atoms with Gasteiger partial charge in [0.2, 0.25) is 0 Å². The lowest BCUT2D eigenvalue weighted by Gasteiger charge is -2.32. The monoisotopic (exact) mass is 300 g/mol. The third-order valence-corrected chi connectivity index (χ3v) is 5.73. The molecular formula is C14H24N2O3S. The first-order chi connectivity index (χ1) is 9.54. The second-order valence-electron chi connectivity index (χ2n) is 5.77. The lowest BCUT2D eigenvalue weighted by molar-refractivity contribution is -0.141. The molecule has 5 nitrogen and oxygen atoms in total. The summed E-state index contributed by atoms with van der Waals surface area (Å²) in [6.07, 6.45) is 5.67. The number of nitrogens with zero attached hydrogens (tertiary/aromatic N) is 2. The fourth-order valence-electron chi connectivity index (χ4n) is 3.18. The number of hydrogen-bond donors (Lipinski definition) is 1. The minimum atomic E-state index is -0.893. The molecule has 0 radical (unpaired) electrons. The maximum absolute atomic E-state index is 12.6. The molecule has 6 heteroatoms. The summed E-state index contributed by atoms with van der Waals surface area (Å²) in [4.78, 5) is 27.2. The number of aliphatic carboxylic acids is 1. The summed E-state index contributed by atoms with van der Waals surface area (Å²) in [5, 5.41) is 9.28. The van der Waals surface area contributed by atoms with Gasteiger partial charge in [-0.1, -0.05) is 19.8 Å². The molecule has 0 spiro atoms. The average Bonchev–Trinajstić information content (AvgIpc) is 3.05. The van der Waals surface area contributed by atoms with Gasteiger partial charge in [0.25, 0.3) is 0 Å². The van der Waals surface area contributed by atoms with Gasteiger partial charge in [0.1, 0.15) is 6.04 Å². The van der Waals surface area contributed by atoms with Crippen molar-refractivity contribution >= 4 is 23.8 Å². The summed E-state index contributed by atoms with van der Waals surface area (Å²) in [7, 11) is 1.80. The standard InChI is InChI=1S/C14H24N2O3S/c1-3-12-16(11(9-20-12)13(17)18)14(19)15(2)8-10-6-4-5-7-10/h10-12H,3-9H2,1-2H3,(H,17,18). The first kappa shape index (κ1) is 15.5. The molecule has 0 bridgehead atoms. The van der Waals surface area contributed by atoms with Gasteiger partial charge in [-0.05, 0) is 25.2 Å². The number of amides is 2. The van der Waals surface area contributed by atoms with Gasteiger partial charge in [-0.2, -0.15) is 0 Å². The van der Waals surface area contributed by atoms with Crippen LogP contribution in [0, 0.1) is 5.92 Å². The van der Waals surface area contributed by atoms with Crippen molar-refractivity contribution in [2.75, 3.05) is 19.3 Å². The van der Waals surface area contributed by atoms with E-state index in [-0.39, 0.29) is 11.4 Å². The first-order valence-electron chi connectivity index (χ1n) is 7.42. The normalized spacial score (nSPS) is 27.0. The molecule has 0 aromatic carbocycles. The molecule has 1 aliphatic heterocycles. The molecule has 2 fully saturated rings. The molecule has 2 atom stereocenters. The number of hydrogen-bond acceptors (Lipinski definition) is 3. The lowest BCUT2D eigenvalue weighted by atomic mass is 10.1. The highest BCUT2D eigenvalue weighted by Gasteiger charge is 2.42. The number of carbonyl (C=O) groups excluding carboxylic acids is 1. The number of thioether (sulfide) groups is 1. The van der Waals surface area contributed by atoms with E-state index >= 15 is 0 Å². The largest absolute Gasteiger partial charge is 0.480 e. The minimum absolute atomic E-state index is 0.00497. The van der Waals surface area contributed by atoms with E-state index in [0.717, 1.165) is 13.0 Å². The fourth-order valence-corrected chi connectivity index (χ4v) is 4.52. The van der Waals surface area contributed by atoms with Crippen LogP contribution >= 0.6 is 11.8 Å². The van der Waals surface area contributed by atoms with Gasteiger partial charge in [0.05, 0.1) is 5.37 Å². The van der Waals surface area contributed by atoms with E-state index in [1.54, 1.807) is 28.6 Å². The van der Waals surface area contributed by atoms with Crippen molar-refractivity contribution in [1.82, 2.24) is 9.80 Å². The van der Waals surface area contributed by atoms with Crippen LogP contribution in [0.15, 0.2) is 0 Å². The van der Waals surface area contributed by atoms with Crippen LogP contribution in [0.3, 0.4) is 0 Å². The van der Waals surface area contributed by atoms with E-state index in [1.807, 2.05) is 6.92 Å². The van der Waals surface area contributed by atoms with Crippen molar-refractivity contribution in [2.45, 2.75) is 50.4 Å². The van der Waals surface area contributed by atoms with Gasteiger partial charge < -0.3 is 10.0 Å². The Kier molecular flexibility index (Phi) is 5.18. The molecule has 2 unspecified atom stereocenters. The molecule has 0 aromatic heterocycles. The Morgan fingerprint density at radius 2 is 2.00 bits per heavy atom. The fraction of sp³-hybridized carbons (Fsp3) is 0.857. The van der Waals surface area contributed by atoms with Crippen LogP contribution in [-0.2, 0) is 4.79 Å². The van der Waals surface area contributed by atoms with Crippen LogP contribution < -0.4 is 0 Å². The van der Waals surface area contributed by atoms with Crippen LogP contribution in [0.5, 0.6) is 0 Å². The molecule has 1 aliphatic carbocycles. The van der Waals surface area contributed by atoms with Crippen LogP contribution in [0.1, 0.15) is 39.0 Å². The van der Waals surface area contributed by atoms with Crippen LogP contribution in [-0.4, -0.2) is 57.7 Å². The van der Waals surface area contributed by atoms with Gasteiger partial charge in [-0.3, -0.25) is 4.90 Å². The zero-order chi connectivity index (χ0) is 14.7. The summed E-state index contributed by atoms with van der Waals surface area (Å²) < 4.78 is 0. The Balaban J connectivity index is 2.01. The molecule has 2 aliphatic rings. The first-order valence-corrected chi connectivity index (χ1v) is 8.47. The number of carboxylic acid groups (broad SMARTS) is 1. The van der Waals surface area contributed by atoms with Crippen molar-refractivity contribution in [3.05, 3.63) is 0 Å². The Bertz CT molecular complexity index is 371. The quantitative estimate of drug-likeness (QED) is 0.866. The van der Waals surface area contributed by atoms with Crippen molar-refractivity contribution in [2.24, 2.45) is 5.92 Å². The highest BCUT2D eigenvalue weighted by Crippen LogP contribution is 2.33. The Morgan fingerprint density at radius 3 is 2.55 bits per heavy atom. The van der Waals surface area contributed by atoms with Gasteiger partial charge in [0, 0.05) is 19.3 Å². The van der Waals surface area contributed by atoms with Gasteiger partial charge in [-0.25, -0.2) is 9.59 Å². The summed E-state index contributed by atoms with van der Waals surface area (Å²) in [5.74, 6) is 0.190. The van der Waals surface area contributed by atoms with E-state index in [2.05, 4.69) is 0 Å². The average molecular weight is 300 g/mol. The third-order valence-electron chi connectivity index (χ3n) is 4.28. The predicted molar refractivity (Wildman–Crippen MR) is 79.8 cm³/mol. The molecular weight excluding hydrogens is 276 g/mol. The van der Waals surface area contributed by atoms with Crippen molar-refractivity contribution in [1.29, 1.82) is 0 Å². The molecule has 1 saturated carbocycles. The highest BCUT2D eigenvalue weighted by molar-refractivity contribution is 8.00. The Morgan fingerprint density at radius 1 is 1.35 bits per heavy atom. The SMILES string of the molecule is CCC1SCC(C(=O)O)N1C(=O)N(C)CC1CCCC1. The molecule has 2 amide bonds. The molecule has 2 rings (SSSR count). The molecule has 20 heavy (non-hydrogen) atoms.